The number of nitrogens with zero attached hydrogens (tertiary/aromatic N) is 1. The molecule has 0 amide bonds. The third-order valence-electron chi connectivity index (χ3n) is 2.73. The molecule has 1 N–H and O–H groups in total. The van der Waals surface area contributed by atoms with Crippen molar-refractivity contribution in [3.63, 3.8) is 0 Å². The number of benzene rings is 1. The van der Waals surface area contributed by atoms with E-state index in [0.717, 1.165) is 30.2 Å². The molecule has 0 aromatic heterocycles. The number of phenolic OH excluding ortho intramolecular Hbond substituents is 1. The third-order valence-corrected chi connectivity index (χ3v) is 4.32. The maximum absolute atomic E-state index is 11.2. The number of hydrogen-bond donors (Lipinski definition) is 1. The number of rotatable bonds is 2. The molecule has 2 rings (SSSR count). The molecule has 0 saturated carbocycles. The minimum atomic E-state index is -0.659. The largest absolute Gasteiger partial charge is 0.506 e. The van der Waals surface area contributed by atoms with Crippen molar-refractivity contribution in [1.29, 1.82) is 0 Å². The highest BCUT2D eigenvalue weighted by molar-refractivity contribution is 7.85. The van der Waals surface area contributed by atoms with E-state index in [1.165, 1.54) is 0 Å². The number of phenols is 1. The van der Waals surface area contributed by atoms with Gasteiger partial charge < -0.3 is 5.11 Å². The number of hydrogen-bond acceptors (Lipinski definition) is 3. The predicted molar refractivity (Wildman–Crippen MR) is 66.3 cm³/mol. The smallest absolute Gasteiger partial charge is 0.138 e. The maximum Gasteiger partial charge on any atom is 0.138 e. The standard InChI is InChI=1S/C11H14ClNO2S/c12-10-3-1-2-9(11(10)14)8-13-4-6-16(15)7-5-13/h1-3,14H,4-8H2. The molecular weight excluding hydrogens is 246 g/mol. The average molecular weight is 260 g/mol. The summed E-state index contributed by atoms with van der Waals surface area (Å²) in [5.74, 6) is 1.61. The summed E-state index contributed by atoms with van der Waals surface area (Å²) in [7, 11) is -0.659. The number of para-hydroxylation sites is 1. The molecule has 0 radical (unpaired) electrons. The van der Waals surface area contributed by atoms with Gasteiger partial charge in [-0.15, -0.1) is 0 Å². The highest BCUT2D eigenvalue weighted by Crippen LogP contribution is 2.28. The molecular formula is C11H14ClNO2S. The van der Waals surface area contributed by atoms with Gasteiger partial charge in [0.05, 0.1) is 5.02 Å². The summed E-state index contributed by atoms with van der Waals surface area (Å²) in [5.41, 5.74) is 0.834. The monoisotopic (exact) mass is 259 g/mol. The molecule has 0 atom stereocenters. The molecule has 16 heavy (non-hydrogen) atoms. The molecule has 1 aromatic rings. The Kier molecular flexibility index (Phi) is 3.84. The van der Waals surface area contributed by atoms with E-state index < -0.39 is 10.8 Å². The summed E-state index contributed by atoms with van der Waals surface area (Å²) in [6.45, 7) is 2.31. The molecule has 1 saturated heterocycles. The molecule has 0 spiro atoms. The molecule has 5 heteroatoms. The number of aromatic hydroxyl groups is 1. The molecule has 0 aliphatic carbocycles. The Morgan fingerprint density at radius 3 is 2.75 bits per heavy atom. The second-order valence-electron chi connectivity index (χ2n) is 3.87. The van der Waals surface area contributed by atoms with Crippen LogP contribution in [0.4, 0.5) is 0 Å². The zero-order valence-corrected chi connectivity index (χ0v) is 10.4. The van der Waals surface area contributed by atoms with Gasteiger partial charge in [-0.3, -0.25) is 9.11 Å². The van der Waals surface area contributed by atoms with E-state index in [4.69, 9.17) is 11.6 Å². The maximum atomic E-state index is 11.2. The second kappa shape index (κ2) is 5.17. The lowest BCUT2D eigenvalue weighted by atomic mass is 10.2. The van der Waals surface area contributed by atoms with Crippen molar-refractivity contribution in [3.8, 4) is 5.75 Å². The van der Waals surface area contributed by atoms with E-state index >= 15 is 0 Å². The lowest BCUT2D eigenvalue weighted by molar-refractivity contribution is 0.287. The Balaban J connectivity index is 2.04. The van der Waals surface area contributed by atoms with Crippen LogP contribution >= 0.6 is 11.6 Å². The molecule has 88 valence electrons. The fourth-order valence-corrected chi connectivity index (χ4v) is 3.08. The van der Waals surface area contributed by atoms with E-state index in [0.29, 0.717) is 11.6 Å². The van der Waals surface area contributed by atoms with E-state index in [-0.39, 0.29) is 5.75 Å². The highest BCUT2D eigenvalue weighted by Gasteiger charge is 2.16. The Hall–Kier alpha value is -0.580. The van der Waals surface area contributed by atoms with Gasteiger partial charge in [0, 0.05) is 47.5 Å². The van der Waals surface area contributed by atoms with E-state index in [2.05, 4.69) is 4.90 Å². The van der Waals surface area contributed by atoms with Crippen LogP contribution in [-0.4, -0.2) is 38.8 Å². The molecule has 3 nitrogen and oxygen atoms in total. The summed E-state index contributed by atoms with van der Waals surface area (Å²) in [4.78, 5) is 2.19. The van der Waals surface area contributed by atoms with Gasteiger partial charge in [-0.05, 0) is 6.07 Å². The summed E-state index contributed by atoms with van der Waals surface area (Å²) in [6.07, 6.45) is 0. The topological polar surface area (TPSA) is 40.5 Å². The third kappa shape index (κ3) is 2.75. The van der Waals surface area contributed by atoms with Crippen molar-refractivity contribution in [2.75, 3.05) is 24.6 Å². The Morgan fingerprint density at radius 2 is 2.06 bits per heavy atom. The zero-order valence-electron chi connectivity index (χ0n) is 8.86. The summed E-state index contributed by atoms with van der Waals surface area (Å²) in [5, 5.41) is 10.1. The number of halogens is 1. The van der Waals surface area contributed by atoms with E-state index in [1.807, 2.05) is 12.1 Å². The summed E-state index contributed by atoms with van der Waals surface area (Å²) < 4.78 is 11.2. The van der Waals surface area contributed by atoms with Crippen LogP contribution in [0.1, 0.15) is 5.56 Å². The van der Waals surface area contributed by atoms with Gasteiger partial charge in [0.25, 0.3) is 0 Å². The molecule has 1 aromatic carbocycles. The predicted octanol–water partition coefficient (Wildman–Crippen LogP) is 1.61. The Labute approximate surface area is 102 Å². The minimum absolute atomic E-state index is 0.163. The van der Waals surface area contributed by atoms with Crippen LogP contribution in [0.25, 0.3) is 0 Å². The van der Waals surface area contributed by atoms with Crippen molar-refractivity contribution in [3.05, 3.63) is 28.8 Å². The molecule has 1 aliphatic rings. The lowest BCUT2D eigenvalue weighted by Crippen LogP contribution is -2.37. The normalized spacial score (nSPS) is 18.8. The Morgan fingerprint density at radius 1 is 1.38 bits per heavy atom. The first-order valence-electron chi connectivity index (χ1n) is 5.20. The average Bonchev–Trinajstić information content (AvgIpc) is 2.28. The van der Waals surface area contributed by atoms with Crippen LogP contribution in [0.15, 0.2) is 18.2 Å². The minimum Gasteiger partial charge on any atom is -0.506 e. The van der Waals surface area contributed by atoms with Crippen molar-refractivity contribution in [2.45, 2.75) is 6.54 Å². The van der Waals surface area contributed by atoms with Crippen LogP contribution in [-0.2, 0) is 17.3 Å². The van der Waals surface area contributed by atoms with Crippen LogP contribution in [0.5, 0.6) is 5.75 Å². The first kappa shape index (κ1) is 11.9. The van der Waals surface area contributed by atoms with Crippen LogP contribution in [0, 0.1) is 0 Å². The van der Waals surface area contributed by atoms with Crippen LogP contribution in [0.3, 0.4) is 0 Å². The van der Waals surface area contributed by atoms with Crippen molar-refractivity contribution < 1.29 is 9.32 Å². The Bertz CT molecular complexity index is 401. The highest BCUT2D eigenvalue weighted by atomic mass is 35.5. The van der Waals surface area contributed by atoms with Crippen LogP contribution < -0.4 is 0 Å². The van der Waals surface area contributed by atoms with Gasteiger partial charge in [0.2, 0.25) is 0 Å². The quantitative estimate of drug-likeness (QED) is 0.877. The molecule has 0 bridgehead atoms. The van der Waals surface area contributed by atoms with Crippen LogP contribution in [0.2, 0.25) is 5.02 Å². The molecule has 1 fully saturated rings. The molecule has 0 unspecified atom stereocenters. The second-order valence-corrected chi connectivity index (χ2v) is 5.98. The van der Waals surface area contributed by atoms with Crippen molar-refractivity contribution in [1.82, 2.24) is 4.90 Å². The van der Waals surface area contributed by atoms with Gasteiger partial charge in [-0.1, -0.05) is 23.7 Å². The SMILES string of the molecule is O=S1CCN(Cc2cccc(Cl)c2O)CC1. The first-order valence-corrected chi connectivity index (χ1v) is 7.07. The fraction of sp³-hybridized carbons (Fsp3) is 0.455. The zero-order chi connectivity index (χ0) is 11.5. The summed E-state index contributed by atoms with van der Waals surface area (Å²) in [6, 6.07) is 5.37. The van der Waals surface area contributed by atoms with Gasteiger partial charge in [0.15, 0.2) is 0 Å². The van der Waals surface area contributed by atoms with Gasteiger partial charge in [-0.2, -0.15) is 0 Å². The van der Waals surface area contributed by atoms with Gasteiger partial charge in [-0.25, -0.2) is 0 Å². The molecule has 1 aliphatic heterocycles. The van der Waals surface area contributed by atoms with Gasteiger partial charge in [0.1, 0.15) is 5.75 Å². The van der Waals surface area contributed by atoms with Gasteiger partial charge >= 0.3 is 0 Å². The van der Waals surface area contributed by atoms with E-state index in [9.17, 15) is 9.32 Å². The van der Waals surface area contributed by atoms with E-state index in [1.54, 1.807) is 6.07 Å². The van der Waals surface area contributed by atoms with Crippen molar-refractivity contribution in [2.24, 2.45) is 0 Å². The first-order chi connectivity index (χ1) is 7.66. The fourth-order valence-electron chi connectivity index (χ4n) is 1.76. The molecule has 1 heterocycles. The summed E-state index contributed by atoms with van der Waals surface area (Å²) >= 11 is 5.84. The lowest BCUT2D eigenvalue weighted by Gasteiger charge is -2.26. The van der Waals surface area contributed by atoms with Crippen molar-refractivity contribution >= 4 is 22.4 Å².